The molecule has 0 fully saturated rings. The Hall–Kier alpha value is -1.51. The average molecular weight is 290 g/mol. The van der Waals surface area contributed by atoms with E-state index in [1.807, 2.05) is 0 Å². The minimum Gasteiger partial charge on any atom is -0.276 e. The first-order valence-corrected chi connectivity index (χ1v) is 6.55. The molecule has 1 aromatic carbocycles. The molecule has 0 aliphatic carbocycles. The minimum absolute atomic E-state index is 0.0183. The van der Waals surface area contributed by atoms with Gasteiger partial charge in [0.25, 0.3) is 5.24 Å². The van der Waals surface area contributed by atoms with Crippen molar-refractivity contribution in [2.45, 2.75) is 4.90 Å². The highest BCUT2D eigenvalue weighted by atomic mass is 35.5. The highest BCUT2D eigenvalue weighted by molar-refractivity contribution is 7.89. The fourth-order valence-electron chi connectivity index (χ4n) is 1.41. The van der Waals surface area contributed by atoms with E-state index in [0.29, 0.717) is 0 Å². The van der Waals surface area contributed by atoms with Gasteiger partial charge in [-0.3, -0.25) is 4.79 Å². The van der Waals surface area contributed by atoms with Gasteiger partial charge >= 0.3 is 0 Å². The number of hydrogen-bond donors (Lipinski definition) is 0. The fourth-order valence-corrected chi connectivity index (χ4v) is 2.57. The first-order valence-electron chi connectivity index (χ1n) is 4.73. The van der Waals surface area contributed by atoms with Gasteiger partial charge in [-0.1, -0.05) is 0 Å². The molecule has 1 aromatic heterocycles. The number of carbonyl (C=O) groups excluding carboxylic acids is 1. The van der Waals surface area contributed by atoms with Gasteiger partial charge in [0.2, 0.25) is 10.0 Å². The van der Waals surface area contributed by atoms with Crippen molar-refractivity contribution in [1.82, 2.24) is 14.6 Å². The molecule has 0 unspecified atom stereocenters. The van der Waals surface area contributed by atoms with Crippen LogP contribution in [0.5, 0.6) is 0 Å². The molecular formula is C9H8ClN3O4S. The number of hydrogen-bond acceptors (Lipinski definition) is 6. The van der Waals surface area contributed by atoms with Crippen LogP contribution in [0.3, 0.4) is 0 Å². The molecular weight excluding hydrogens is 282 g/mol. The number of aromatic nitrogens is 2. The number of sulfonamides is 1. The summed E-state index contributed by atoms with van der Waals surface area (Å²) in [6.07, 6.45) is 0. The summed E-state index contributed by atoms with van der Waals surface area (Å²) in [7, 11) is -0.931. The summed E-state index contributed by atoms with van der Waals surface area (Å²) in [4.78, 5) is 11.1. The third-order valence-electron chi connectivity index (χ3n) is 2.35. The lowest BCUT2D eigenvalue weighted by molar-refractivity contribution is 0.108. The highest BCUT2D eigenvalue weighted by Crippen LogP contribution is 2.25. The number of nitrogens with zero attached hydrogens (tertiary/aromatic N) is 3. The molecule has 1 heterocycles. The fraction of sp³-hybridized carbons (Fsp3) is 0.222. The zero-order chi connectivity index (χ0) is 13.5. The number of rotatable bonds is 3. The molecule has 0 amide bonds. The largest absolute Gasteiger partial charge is 0.276 e. The molecule has 0 bridgehead atoms. The summed E-state index contributed by atoms with van der Waals surface area (Å²) < 4.78 is 29.6. The van der Waals surface area contributed by atoms with E-state index in [4.69, 9.17) is 11.6 Å². The molecule has 18 heavy (non-hydrogen) atoms. The van der Waals surface area contributed by atoms with Crippen LogP contribution in [0.1, 0.15) is 10.4 Å². The van der Waals surface area contributed by atoms with Crippen LogP contribution in [0, 0.1) is 0 Å². The van der Waals surface area contributed by atoms with Crippen LogP contribution >= 0.6 is 11.6 Å². The van der Waals surface area contributed by atoms with Gasteiger partial charge in [-0.05, 0) is 34.0 Å². The predicted molar refractivity (Wildman–Crippen MR) is 62.9 cm³/mol. The monoisotopic (exact) mass is 289 g/mol. The summed E-state index contributed by atoms with van der Waals surface area (Å²) in [5, 5.41) is 6.25. The Labute approximate surface area is 107 Å². The van der Waals surface area contributed by atoms with Crippen molar-refractivity contribution in [2.75, 3.05) is 14.1 Å². The van der Waals surface area contributed by atoms with Crippen molar-refractivity contribution in [2.24, 2.45) is 0 Å². The topological polar surface area (TPSA) is 93.4 Å². The van der Waals surface area contributed by atoms with E-state index in [-0.39, 0.29) is 21.5 Å². The van der Waals surface area contributed by atoms with Crippen molar-refractivity contribution < 1.29 is 17.8 Å². The van der Waals surface area contributed by atoms with E-state index in [9.17, 15) is 13.2 Å². The molecule has 0 aliphatic heterocycles. The smallest absolute Gasteiger partial charge is 0.254 e. The molecule has 0 saturated heterocycles. The molecule has 96 valence electrons. The van der Waals surface area contributed by atoms with Gasteiger partial charge in [0.05, 0.1) is 5.56 Å². The molecule has 7 nitrogen and oxygen atoms in total. The Bertz CT molecular complexity index is 722. The first-order chi connectivity index (χ1) is 8.35. The molecule has 0 aliphatic rings. The van der Waals surface area contributed by atoms with Crippen molar-refractivity contribution in [1.29, 1.82) is 0 Å². The highest BCUT2D eigenvalue weighted by Gasteiger charge is 2.25. The van der Waals surface area contributed by atoms with E-state index < -0.39 is 15.3 Å². The van der Waals surface area contributed by atoms with Gasteiger partial charge in [-0.25, -0.2) is 17.4 Å². The Morgan fingerprint density at radius 2 is 1.89 bits per heavy atom. The molecule has 9 heteroatoms. The molecule has 0 radical (unpaired) electrons. The Morgan fingerprint density at radius 3 is 2.44 bits per heavy atom. The second kappa shape index (κ2) is 4.30. The summed E-state index contributed by atoms with van der Waals surface area (Å²) in [6, 6.07) is 2.52. The molecule has 2 aromatic rings. The van der Waals surface area contributed by atoms with Gasteiger partial charge < -0.3 is 0 Å². The van der Waals surface area contributed by atoms with Gasteiger partial charge in [-0.2, -0.15) is 0 Å². The lowest BCUT2D eigenvalue weighted by Crippen LogP contribution is -2.22. The van der Waals surface area contributed by atoms with E-state index in [1.165, 1.54) is 26.2 Å². The van der Waals surface area contributed by atoms with Crippen molar-refractivity contribution in [3.63, 3.8) is 0 Å². The van der Waals surface area contributed by atoms with Gasteiger partial charge in [-0.15, -0.1) is 0 Å². The number of benzene rings is 1. The zero-order valence-corrected chi connectivity index (χ0v) is 11.0. The summed E-state index contributed by atoms with van der Waals surface area (Å²) in [5.74, 6) is 0. The van der Waals surface area contributed by atoms with E-state index >= 15 is 0 Å². The van der Waals surface area contributed by atoms with Crippen LogP contribution in [0.2, 0.25) is 0 Å². The van der Waals surface area contributed by atoms with E-state index in [2.05, 4.69) is 14.9 Å². The molecule has 0 atom stereocenters. The Balaban J connectivity index is 2.81. The quantitative estimate of drug-likeness (QED) is 0.778. The van der Waals surface area contributed by atoms with Crippen LogP contribution in [0.4, 0.5) is 0 Å². The summed E-state index contributed by atoms with van der Waals surface area (Å²) >= 11 is 5.36. The average Bonchev–Trinajstić information content (AvgIpc) is 2.75. The number of halogens is 1. The first kappa shape index (κ1) is 12.9. The lowest BCUT2D eigenvalue weighted by atomic mass is 10.2. The van der Waals surface area contributed by atoms with Crippen LogP contribution in [-0.2, 0) is 10.0 Å². The van der Waals surface area contributed by atoms with E-state index in [1.54, 1.807) is 0 Å². The van der Waals surface area contributed by atoms with Gasteiger partial charge in [0.1, 0.15) is 10.4 Å². The van der Waals surface area contributed by atoms with Crippen LogP contribution in [0.15, 0.2) is 21.7 Å². The van der Waals surface area contributed by atoms with Crippen LogP contribution in [0.25, 0.3) is 11.0 Å². The minimum atomic E-state index is -3.70. The SMILES string of the molecule is CN(C)S(=O)(=O)c1ccc(C(=O)Cl)c2nonc12. The van der Waals surface area contributed by atoms with Crippen LogP contribution in [-0.4, -0.2) is 42.4 Å². The lowest BCUT2D eigenvalue weighted by Gasteiger charge is -2.11. The maximum Gasteiger partial charge on any atom is 0.254 e. The molecule has 0 N–H and O–H groups in total. The molecule has 0 spiro atoms. The maximum atomic E-state index is 12.0. The molecule has 0 saturated carbocycles. The van der Waals surface area contributed by atoms with Crippen LogP contribution < -0.4 is 0 Å². The Morgan fingerprint density at radius 1 is 1.28 bits per heavy atom. The number of carbonyl (C=O) groups is 1. The normalized spacial score (nSPS) is 12.2. The second-order valence-corrected chi connectivity index (χ2v) is 6.10. The van der Waals surface area contributed by atoms with Crippen molar-refractivity contribution >= 4 is 37.9 Å². The predicted octanol–water partition coefficient (Wildman–Crippen LogP) is 0.852. The zero-order valence-electron chi connectivity index (χ0n) is 9.42. The third kappa shape index (κ3) is 1.88. The maximum absolute atomic E-state index is 12.0. The Kier molecular flexibility index (Phi) is 3.09. The summed E-state index contributed by atoms with van der Waals surface area (Å²) in [5.41, 5.74) is 0.0544. The summed E-state index contributed by atoms with van der Waals surface area (Å²) in [6.45, 7) is 0. The standard InChI is InChI=1S/C9H8ClN3O4S/c1-13(2)18(15,16)6-4-3-5(9(10)14)7-8(6)12-17-11-7/h3-4H,1-2H3. The number of fused-ring (bicyclic) bond motifs is 1. The van der Waals surface area contributed by atoms with Crippen molar-refractivity contribution in [3.8, 4) is 0 Å². The molecule has 2 rings (SSSR count). The third-order valence-corrected chi connectivity index (χ3v) is 4.40. The van der Waals surface area contributed by atoms with Gasteiger partial charge in [0.15, 0.2) is 5.52 Å². The van der Waals surface area contributed by atoms with E-state index in [0.717, 1.165) is 4.31 Å². The second-order valence-electron chi connectivity index (χ2n) is 3.63. The van der Waals surface area contributed by atoms with Crippen molar-refractivity contribution in [3.05, 3.63) is 17.7 Å². The van der Waals surface area contributed by atoms with Gasteiger partial charge in [0, 0.05) is 14.1 Å².